The van der Waals surface area contributed by atoms with Gasteiger partial charge < -0.3 is 19.2 Å². The van der Waals surface area contributed by atoms with Gasteiger partial charge in [0.2, 0.25) is 0 Å². The molecule has 1 unspecified atom stereocenters. The van der Waals surface area contributed by atoms with E-state index in [9.17, 15) is 5.26 Å². The third-order valence-corrected chi connectivity index (χ3v) is 13.9. The maximum absolute atomic E-state index is 9.40. The first kappa shape index (κ1) is 33.3. The quantitative estimate of drug-likeness (QED) is 0.213. The molecule has 0 radical (unpaired) electrons. The van der Waals surface area contributed by atoms with E-state index in [0.29, 0.717) is 28.0 Å². The first-order chi connectivity index (χ1) is 20.4. The molecule has 0 bridgehead atoms. The normalized spacial score (nSPS) is 17.0. The van der Waals surface area contributed by atoms with Gasteiger partial charge in [0.05, 0.1) is 35.0 Å². The highest BCUT2D eigenvalue weighted by Gasteiger charge is 2.38. The van der Waals surface area contributed by atoms with Gasteiger partial charge in [-0.25, -0.2) is 0 Å². The standard InChI is InChI=1S/C34H43Cl2N3O3Si/c1-34(2,3)43(4,5)42-20-16-31(26-8-6-25(23-37)7-9-26)38-17-18-39(33(24-38)27-10-12-28(35)13-11-27)32-15-14-29(22-30(32)36)41-21-19-40/h6-15,22,31,33,40H,16-21,24H2,1-5H3/t31?,33-/m0/s1. The highest BCUT2D eigenvalue weighted by molar-refractivity contribution is 6.74. The van der Waals surface area contributed by atoms with E-state index in [1.807, 2.05) is 42.5 Å². The average molecular weight is 641 g/mol. The summed E-state index contributed by atoms with van der Waals surface area (Å²) >= 11 is 13.1. The van der Waals surface area contributed by atoms with Crippen molar-refractivity contribution in [1.29, 1.82) is 5.26 Å². The summed E-state index contributed by atoms with van der Waals surface area (Å²) in [4.78, 5) is 4.90. The third kappa shape index (κ3) is 8.33. The molecule has 0 aliphatic carbocycles. The van der Waals surface area contributed by atoms with Gasteiger partial charge in [0.25, 0.3) is 0 Å². The van der Waals surface area contributed by atoms with Crippen LogP contribution < -0.4 is 9.64 Å². The number of aliphatic hydroxyl groups is 1. The molecule has 1 saturated heterocycles. The number of piperazine rings is 1. The molecule has 3 aromatic carbocycles. The van der Waals surface area contributed by atoms with Crippen molar-refractivity contribution < 1.29 is 14.3 Å². The second-order valence-electron chi connectivity index (χ2n) is 12.6. The van der Waals surface area contributed by atoms with Crippen LogP contribution in [0.15, 0.2) is 66.7 Å². The summed E-state index contributed by atoms with van der Waals surface area (Å²) in [7, 11) is -1.90. The molecule has 6 nitrogen and oxygen atoms in total. The fourth-order valence-electron chi connectivity index (χ4n) is 5.30. The number of benzene rings is 3. The Morgan fingerprint density at radius 3 is 2.30 bits per heavy atom. The summed E-state index contributed by atoms with van der Waals surface area (Å²) < 4.78 is 12.2. The minimum absolute atomic E-state index is 0.0231. The van der Waals surface area contributed by atoms with Crippen LogP contribution in [0, 0.1) is 11.3 Å². The number of ether oxygens (including phenoxy) is 1. The van der Waals surface area contributed by atoms with Gasteiger partial charge >= 0.3 is 0 Å². The average Bonchev–Trinajstić information content (AvgIpc) is 2.98. The summed E-state index contributed by atoms with van der Waals surface area (Å²) in [6.07, 6.45) is 0.851. The zero-order valence-electron chi connectivity index (χ0n) is 25.8. The largest absolute Gasteiger partial charge is 0.491 e. The predicted octanol–water partition coefficient (Wildman–Crippen LogP) is 8.25. The lowest BCUT2D eigenvalue weighted by Crippen LogP contribution is -2.50. The number of nitriles is 1. The maximum Gasteiger partial charge on any atom is 0.191 e. The van der Waals surface area contributed by atoms with Gasteiger partial charge in [0.1, 0.15) is 12.4 Å². The van der Waals surface area contributed by atoms with E-state index in [-0.39, 0.29) is 30.3 Å². The van der Waals surface area contributed by atoms with Crippen LogP contribution in [0.25, 0.3) is 0 Å². The second-order valence-corrected chi connectivity index (χ2v) is 18.2. The van der Waals surface area contributed by atoms with E-state index in [1.54, 1.807) is 0 Å². The second kappa shape index (κ2) is 14.5. The number of halogens is 2. The van der Waals surface area contributed by atoms with Crippen molar-refractivity contribution in [3.05, 3.63) is 93.5 Å². The van der Waals surface area contributed by atoms with Gasteiger partial charge in [0.15, 0.2) is 8.32 Å². The molecule has 0 saturated carbocycles. The molecule has 1 aliphatic rings. The lowest BCUT2D eigenvalue weighted by Gasteiger charge is -2.46. The number of aliphatic hydroxyl groups excluding tert-OH is 1. The van der Waals surface area contributed by atoms with E-state index < -0.39 is 8.32 Å². The molecule has 0 spiro atoms. The molecular weight excluding hydrogens is 597 g/mol. The van der Waals surface area contributed by atoms with Crippen molar-refractivity contribution in [1.82, 2.24) is 4.90 Å². The lowest BCUT2D eigenvalue weighted by atomic mass is 9.96. The van der Waals surface area contributed by atoms with E-state index in [0.717, 1.165) is 37.3 Å². The first-order valence-electron chi connectivity index (χ1n) is 14.9. The van der Waals surface area contributed by atoms with Gasteiger partial charge in [-0.05, 0) is 72.1 Å². The summed E-state index contributed by atoms with van der Waals surface area (Å²) in [5.74, 6) is 0.632. The van der Waals surface area contributed by atoms with Crippen molar-refractivity contribution >= 4 is 37.2 Å². The summed E-state index contributed by atoms with van der Waals surface area (Å²) in [6, 6.07) is 24.1. The third-order valence-electron chi connectivity index (χ3n) is 8.78. The number of anilines is 1. The van der Waals surface area contributed by atoms with Crippen LogP contribution in [0.4, 0.5) is 5.69 Å². The van der Waals surface area contributed by atoms with E-state index in [2.05, 4.69) is 74.0 Å². The molecular formula is C34H43Cl2N3O3Si. The number of hydrogen-bond acceptors (Lipinski definition) is 6. The molecule has 2 atom stereocenters. The zero-order chi connectivity index (χ0) is 31.2. The van der Waals surface area contributed by atoms with Crippen LogP contribution in [0.1, 0.15) is 56.0 Å². The Bertz CT molecular complexity index is 1390. The van der Waals surface area contributed by atoms with Gasteiger partial charge in [-0.3, -0.25) is 4.90 Å². The van der Waals surface area contributed by atoms with E-state index >= 15 is 0 Å². The van der Waals surface area contributed by atoms with E-state index in [1.165, 1.54) is 5.56 Å². The van der Waals surface area contributed by atoms with Crippen molar-refractivity contribution in [2.45, 2.75) is 57.4 Å². The van der Waals surface area contributed by atoms with Crippen LogP contribution in [-0.2, 0) is 4.43 Å². The van der Waals surface area contributed by atoms with Gasteiger partial charge in [-0.1, -0.05) is 68.2 Å². The Hall–Kier alpha value is -2.57. The predicted molar refractivity (Wildman–Crippen MR) is 179 cm³/mol. The Morgan fingerprint density at radius 2 is 1.70 bits per heavy atom. The molecule has 4 rings (SSSR count). The molecule has 1 fully saturated rings. The Kier molecular flexibility index (Phi) is 11.2. The van der Waals surface area contributed by atoms with Gasteiger partial charge in [0, 0.05) is 43.4 Å². The summed E-state index contributed by atoms with van der Waals surface area (Å²) in [5.41, 5.74) is 3.94. The van der Waals surface area contributed by atoms with Crippen LogP contribution in [0.3, 0.4) is 0 Å². The number of hydrogen-bond donors (Lipinski definition) is 1. The van der Waals surface area contributed by atoms with Crippen molar-refractivity contribution in [2.75, 3.05) is 44.4 Å². The number of rotatable bonds is 11. The van der Waals surface area contributed by atoms with Gasteiger partial charge in [-0.15, -0.1) is 0 Å². The SMILES string of the molecule is CC(C)(C)[Si](C)(C)OCCC(c1ccc(C#N)cc1)N1CCN(c2ccc(OCCO)cc2Cl)[C@H](c2ccc(Cl)cc2)C1. The molecule has 1 aliphatic heterocycles. The molecule has 43 heavy (non-hydrogen) atoms. The lowest BCUT2D eigenvalue weighted by molar-refractivity contribution is 0.133. The molecule has 0 aromatic heterocycles. The van der Waals surface area contributed by atoms with E-state index in [4.69, 9.17) is 37.5 Å². The smallest absolute Gasteiger partial charge is 0.191 e. The highest BCUT2D eigenvalue weighted by Crippen LogP contribution is 2.41. The first-order valence-corrected chi connectivity index (χ1v) is 18.5. The summed E-state index contributed by atoms with van der Waals surface area (Å²) in [5, 5.41) is 20.0. The van der Waals surface area contributed by atoms with Crippen molar-refractivity contribution in [3.63, 3.8) is 0 Å². The van der Waals surface area contributed by atoms with Crippen LogP contribution in [-0.4, -0.2) is 57.8 Å². The Labute approximate surface area is 267 Å². The van der Waals surface area contributed by atoms with Crippen LogP contribution in [0.5, 0.6) is 5.75 Å². The Balaban J connectivity index is 1.65. The van der Waals surface area contributed by atoms with Crippen LogP contribution in [0.2, 0.25) is 28.2 Å². The topological polar surface area (TPSA) is 69.0 Å². The fourth-order valence-corrected chi connectivity index (χ4v) is 6.77. The highest BCUT2D eigenvalue weighted by atomic mass is 35.5. The molecule has 230 valence electrons. The van der Waals surface area contributed by atoms with Crippen LogP contribution >= 0.6 is 23.2 Å². The molecule has 1 N–H and O–H groups in total. The van der Waals surface area contributed by atoms with Crippen molar-refractivity contribution in [2.24, 2.45) is 0 Å². The monoisotopic (exact) mass is 639 g/mol. The molecule has 3 aromatic rings. The number of nitrogens with zero attached hydrogens (tertiary/aromatic N) is 3. The van der Waals surface area contributed by atoms with Gasteiger partial charge in [-0.2, -0.15) is 5.26 Å². The molecule has 1 heterocycles. The Morgan fingerprint density at radius 1 is 1.00 bits per heavy atom. The minimum atomic E-state index is -1.90. The minimum Gasteiger partial charge on any atom is -0.491 e. The maximum atomic E-state index is 9.40. The molecule has 9 heteroatoms. The summed E-state index contributed by atoms with van der Waals surface area (Å²) in [6.45, 7) is 14.6. The fraction of sp³-hybridized carbons (Fsp3) is 0.441. The van der Waals surface area contributed by atoms with Crippen molar-refractivity contribution in [3.8, 4) is 11.8 Å². The zero-order valence-corrected chi connectivity index (χ0v) is 28.3. The molecule has 0 amide bonds.